The number of carbonyl (C=O) groups excluding carboxylic acids is 1. The molecule has 1 aliphatic heterocycles. The predicted molar refractivity (Wildman–Crippen MR) is 71.6 cm³/mol. The molecular formula is C13H17N5O2. The summed E-state index contributed by atoms with van der Waals surface area (Å²) in [5.41, 5.74) is 1.62. The van der Waals surface area contributed by atoms with E-state index in [1.54, 1.807) is 24.1 Å². The van der Waals surface area contributed by atoms with Gasteiger partial charge in [-0.15, -0.1) is 5.10 Å². The van der Waals surface area contributed by atoms with E-state index in [1.165, 1.54) is 7.11 Å². The molecule has 1 unspecified atom stereocenters. The molecule has 1 amide bonds. The van der Waals surface area contributed by atoms with E-state index >= 15 is 0 Å². The molecule has 0 saturated heterocycles. The number of hydrogen-bond donors (Lipinski definition) is 1. The Bertz CT molecular complexity index is 630. The average molecular weight is 275 g/mol. The molecule has 1 aliphatic rings. The van der Waals surface area contributed by atoms with Crippen molar-refractivity contribution in [2.45, 2.75) is 25.4 Å². The number of aryl methyl sites for hydroxylation is 2. The first-order chi connectivity index (χ1) is 9.67. The molecular weight excluding hydrogens is 258 g/mol. The third-order valence-corrected chi connectivity index (χ3v) is 3.52. The summed E-state index contributed by atoms with van der Waals surface area (Å²) in [6.45, 7) is 0.831. The van der Waals surface area contributed by atoms with E-state index < -0.39 is 0 Å². The number of aromatic nitrogens is 4. The van der Waals surface area contributed by atoms with Gasteiger partial charge >= 0.3 is 0 Å². The van der Waals surface area contributed by atoms with Gasteiger partial charge < -0.3 is 10.1 Å². The molecule has 2 aromatic rings. The van der Waals surface area contributed by atoms with Gasteiger partial charge in [0.1, 0.15) is 5.56 Å². The number of rotatable bonds is 3. The maximum atomic E-state index is 12.3. The third kappa shape index (κ3) is 2.26. The highest BCUT2D eigenvalue weighted by atomic mass is 16.5. The van der Waals surface area contributed by atoms with Crippen LogP contribution in [0, 0.1) is 0 Å². The van der Waals surface area contributed by atoms with Crippen molar-refractivity contribution in [3.05, 3.63) is 29.7 Å². The largest absolute Gasteiger partial charge is 0.479 e. The van der Waals surface area contributed by atoms with Crippen LogP contribution in [0.25, 0.3) is 0 Å². The Morgan fingerprint density at radius 3 is 3.20 bits per heavy atom. The molecule has 7 nitrogen and oxygen atoms in total. The van der Waals surface area contributed by atoms with Crippen LogP contribution in [-0.2, 0) is 20.0 Å². The van der Waals surface area contributed by atoms with Gasteiger partial charge in [0.25, 0.3) is 5.91 Å². The molecule has 0 saturated carbocycles. The minimum absolute atomic E-state index is 0.122. The lowest BCUT2D eigenvalue weighted by molar-refractivity contribution is 0.0927. The van der Waals surface area contributed by atoms with Gasteiger partial charge in [-0.25, -0.2) is 0 Å². The predicted octanol–water partition coefficient (Wildman–Crippen LogP) is 0.370. The number of ether oxygens (including phenoxy) is 1. The minimum Gasteiger partial charge on any atom is -0.479 e. The SMILES string of the molecule is COc1nn(C)cc1C(=O)NC1CCn2nccc2C1. The zero-order valence-electron chi connectivity index (χ0n) is 11.5. The lowest BCUT2D eigenvalue weighted by Crippen LogP contribution is -2.40. The average Bonchev–Trinajstić information content (AvgIpc) is 3.03. The normalized spacial score (nSPS) is 17.6. The van der Waals surface area contributed by atoms with Gasteiger partial charge in [-0.05, 0) is 12.5 Å². The molecule has 0 aliphatic carbocycles. The summed E-state index contributed by atoms with van der Waals surface area (Å²) in [6.07, 6.45) is 5.14. The van der Waals surface area contributed by atoms with Crippen molar-refractivity contribution in [3.63, 3.8) is 0 Å². The topological polar surface area (TPSA) is 74.0 Å². The van der Waals surface area contributed by atoms with E-state index in [4.69, 9.17) is 4.74 Å². The fourth-order valence-electron chi connectivity index (χ4n) is 2.53. The molecule has 3 rings (SSSR count). The van der Waals surface area contributed by atoms with Crippen LogP contribution in [0.3, 0.4) is 0 Å². The van der Waals surface area contributed by atoms with E-state index in [9.17, 15) is 4.79 Å². The summed E-state index contributed by atoms with van der Waals surface area (Å²) in [4.78, 5) is 12.3. The minimum atomic E-state index is -0.145. The number of amides is 1. The first-order valence-electron chi connectivity index (χ1n) is 6.56. The molecule has 0 spiro atoms. The van der Waals surface area contributed by atoms with Gasteiger partial charge in [0.15, 0.2) is 0 Å². The molecule has 7 heteroatoms. The van der Waals surface area contributed by atoms with Gasteiger partial charge in [0, 0.05) is 44.1 Å². The second kappa shape index (κ2) is 4.99. The van der Waals surface area contributed by atoms with Crippen molar-refractivity contribution in [2.75, 3.05) is 7.11 Å². The van der Waals surface area contributed by atoms with Crippen LogP contribution in [0.2, 0.25) is 0 Å². The zero-order chi connectivity index (χ0) is 14.1. The molecule has 1 atom stereocenters. The third-order valence-electron chi connectivity index (χ3n) is 3.52. The van der Waals surface area contributed by atoms with E-state index in [-0.39, 0.29) is 11.9 Å². The molecule has 0 bridgehead atoms. The Morgan fingerprint density at radius 1 is 1.55 bits per heavy atom. The van der Waals surface area contributed by atoms with Crippen molar-refractivity contribution in [2.24, 2.45) is 7.05 Å². The van der Waals surface area contributed by atoms with Gasteiger partial charge in [0.2, 0.25) is 5.88 Å². The highest BCUT2D eigenvalue weighted by molar-refractivity contribution is 5.96. The Labute approximate surface area is 116 Å². The summed E-state index contributed by atoms with van der Waals surface area (Å²) in [7, 11) is 3.27. The van der Waals surface area contributed by atoms with E-state index in [2.05, 4.69) is 15.5 Å². The Hall–Kier alpha value is -2.31. The molecule has 0 aromatic carbocycles. The van der Waals surface area contributed by atoms with Gasteiger partial charge in [0.05, 0.1) is 7.11 Å². The second-order valence-corrected chi connectivity index (χ2v) is 4.93. The summed E-state index contributed by atoms with van der Waals surface area (Å²) >= 11 is 0. The van der Waals surface area contributed by atoms with Crippen molar-refractivity contribution >= 4 is 5.91 Å². The second-order valence-electron chi connectivity index (χ2n) is 4.93. The maximum absolute atomic E-state index is 12.3. The van der Waals surface area contributed by atoms with E-state index in [0.717, 1.165) is 25.1 Å². The van der Waals surface area contributed by atoms with Crippen LogP contribution < -0.4 is 10.1 Å². The number of hydrogen-bond acceptors (Lipinski definition) is 4. The smallest absolute Gasteiger partial charge is 0.258 e. The number of carbonyl (C=O) groups is 1. The van der Waals surface area contributed by atoms with Crippen LogP contribution in [0.4, 0.5) is 0 Å². The van der Waals surface area contributed by atoms with Crippen LogP contribution in [-0.4, -0.2) is 38.6 Å². The highest BCUT2D eigenvalue weighted by Crippen LogP contribution is 2.17. The Morgan fingerprint density at radius 2 is 2.40 bits per heavy atom. The summed E-state index contributed by atoms with van der Waals surface area (Å²) in [5, 5.41) is 11.4. The molecule has 0 fully saturated rings. The van der Waals surface area contributed by atoms with Crippen molar-refractivity contribution in [1.82, 2.24) is 24.9 Å². The van der Waals surface area contributed by atoms with Gasteiger partial charge in [-0.1, -0.05) is 0 Å². The number of methoxy groups -OCH3 is 1. The molecule has 106 valence electrons. The van der Waals surface area contributed by atoms with Gasteiger partial charge in [-0.2, -0.15) is 5.10 Å². The first kappa shape index (κ1) is 12.7. The molecule has 2 aromatic heterocycles. The monoisotopic (exact) mass is 275 g/mol. The summed E-state index contributed by atoms with van der Waals surface area (Å²) in [5.74, 6) is 0.207. The lowest BCUT2D eigenvalue weighted by atomic mass is 10.0. The number of fused-ring (bicyclic) bond motifs is 1. The first-order valence-corrected chi connectivity index (χ1v) is 6.56. The zero-order valence-corrected chi connectivity index (χ0v) is 11.5. The lowest BCUT2D eigenvalue weighted by Gasteiger charge is -2.24. The molecule has 20 heavy (non-hydrogen) atoms. The maximum Gasteiger partial charge on any atom is 0.258 e. The molecule has 1 N–H and O–H groups in total. The van der Waals surface area contributed by atoms with Crippen LogP contribution in [0.5, 0.6) is 5.88 Å². The number of nitrogens with one attached hydrogen (secondary N) is 1. The number of nitrogens with zero attached hydrogens (tertiary/aromatic N) is 4. The van der Waals surface area contributed by atoms with Crippen molar-refractivity contribution in [1.29, 1.82) is 0 Å². The fourth-order valence-corrected chi connectivity index (χ4v) is 2.53. The van der Waals surface area contributed by atoms with E-state index in [1.807, 2.05) is 10.7 Å². The quantitative estimate of drug-likeness (QED) is 0.878. The van der Waals surface area contributed by atoms with Crippen LogP contribution in [0.1, 0.15) is 22.5 Å². The standard InChI is InChI=1S/C13H17N5O2/c1-17-8-11(13(16-17)20-2)12(19)15-9-4-6-18-10(7-9)3-5-14-18/h3,5,8-9H,4,6-7H2,1-2H3,(H,15,19). The van der Waals surface area contributed by atoms with Crippen LogP contribution >= 0.6 is 0 Å². The van der Waals surface area contributed by atoms with Crippen LogP contribution in [0.15, 0.2) is 18.5 Å². The Balaban J connectivity index is 1.71. The highest BCUT2D eigenvalue weighted by Gasteiger charge is 2.23. The molecule has 0 radical (unpaired) electrons. The van der Waals surface area contributed by atoms with E-state index in [0.29, 0.717) is 11.4 Å². The summed E-state index contributed by atoms with van der Waals surface area (Å²) < 4.78 is 8.67. The summed E-state index contributed by atoms with van der Waals surface area (Å²) in [6, 6.07) is 2.11. The molecule has 3 heterocycles. The fraction of sp³-hybridized carbons (Fsp3) is 0.462. The van der Waals surface area contributed by atoms with Gasteiger partial charge in [-0.3, -0.25) is 14.2 Å². The van der Waals surface area contributed by atoms with Crippen molar-refractivity contribution < 1.29 is 9.53 Å². The van der Waals surface area contributed by atoms with Crippen molar-refractivity contribution in [3.8, 4) is 5.88 Å². The Kier molecular flexibility index (Phi) is 3.17.